The number of nitrogens with zero attached hydrogens (tertiary/aromatic N) is 1. The summed E-state index contributed by atoms with van der Waals surface area (Å²) in [5.41, 5.74) is 1.45. The molecular weight excluding hydrogens is 420 g/mol. The van der Waals surface area contributed by atoms with Crippen LogP contribution in [0.15, 0.2) is 35.4 Å². The first-order valence-corrected chi connectivity index (χ1v) is 11.7. The molecule has 7 heteroatoms. The van der Waals surface area contributed by atoms with Gasteiger partial charge in [0.05, 0.1) is 0 Å². The van der Waals surface area contributed by atoms with Crippen LogP contribution in [0.25, 0.3) is 0 Å². The Bertz CT molecular complexity index is 908. The molecule has 1 aliphatic heterocycles. The van der Waals surface area contributed by atoms with Crippen molar-refractivity contribution in [1.29, 1.82) is 0 Å². The molecule has 1 saturated heterocycles. The number of carbonyl (C=O) groups excluding carboxylic acids is 2. The van der Waals surface area contributed by atoms with E-state index in [1.807, 2.05) is 12.1 Å². The zero-order valence-corrected chi connectivity index (χ0v) is 20.7. The van der Waals surface area contributed by atoms with Crippen LogP contribution in [0.3, 0.4) is 0 Å². The molecule has 182 valence electrons. The SMILES string of the molecule is CCC1(c2cccc(OC(=O)C(C)=C(C)C(=O)N[C@H](C(=O)O)C(C)C)c2)CCCCN(C)C1. The van der Waals surface area contributed by atoms with Gasteiger partial charge in [-0.1, -0.05) is 39.3 Å². The first kappa shape index (κ1) is 26.6. The standard InChI is InChI=1S/C26H38N2O5/c1-7-26(13-8-9-14-28(6)16-26)20-11-10-12-21(15-20)33-25(32)19(5)18(4)23(29)27-22(17(2)3)24(30)31/h10-12,15,17,22H,7-9,13-14,16H2,1-6H3,(H,27,29)(H,30,31)/t22-,26?/m0/s1. The van der Waals surface area contributed by atoms with Crippen LogP contribution in [-0.2, 0) is 19.8 Å². The fourth-order valence-corrected chi connectivity index (χ4v) is 4.41. The summed E-state index contributed by atoms with van der Waals surface area (Å²) in [6.45, 7) is 10.7. The Kier molecular flexibility index (Phi) is 9.23. The van der Waals surface area contributed by atoms with Crippen molar-refractivity contribution in [2.75, 3.05) is 20.1 Å². The third-order valence-electron chi connectivity index (χ3n) is 6.78. The van der Waals surface area contributed by atoms with Crippen LogP contribution < -0.4 is 10.1 Å². The first-order valence-electron chi connectivity index (χ1n) is 11.7. The number of ether oxygens (including phenoxy) is 1. The molecule has 0 aliphatic carbocycles. The van der Waals surface area contributed by atoms with E-state index < -0.39 is 23.9 Å². The molecule has 0 radical (unpaired) electrons. The molecule has 2 rings (SSSR count). The van der Waals surface area contributed by atoms with Gasteiger partial charge < -0.3 is 20.1 Å². The number of amides is 1. The van der Waals surface area contributed by atoms with Crippen LogP contribution in [0, 0.1) is 5.92 Å². The van der Waals surface area contributed by atoms with E-state index in [2.05, 4.69) is 30.3 Å². The molecule has 1 aliphatic rings. The van der Waals surface area contributed by atoms with Gasteiger partial charge in [-0.15, -0.1) is 0 Å². The molecule has 0 spiro atoms. The summed E-state index contributed by atoms with van der Waals surface area (Å²) < 4.78 is 5.62. The zero-order valence-electron chi connectivity index (χ0n) is 20.7. The maximum atomic E-state index is 12.8. The summed E-state index contributed by atoms with van der Waals surface area (Å²) >= 11 is 0. The van der Waals surface area contributed by atoms with Gasteiger partial charge >= 0.3 is 11.9 Å². The third-order valence-corrected chi connectivity index (χ3v) is 6.78. The molecule has 1 aromatic rings. The second-order valence-electron chi connectivity index (χ2n) is 9.53. The monoisotopic (exact) mass is 458 g/mol. The summed E-state index contributed by atoms with van der Waals surface area (Å²) in [5, 5.41) is 11.8. The second kappa shape index (κ2) is 11.5. The highest BCUT2D eigenvalue weighted by atomic mass is 16.5. The van der Waals surface area contributed by atoms with Gasteiger partial charge in [0.25, 0.3) is 0 Å². The van der Waals surface area contributed by atoms with Gasteiger partial charge in [-0.3, -0.25) is 4.79 Å². The largest absolute Gasteiger partial charge is 0.480 e. The predicted molar refractivity (Wildman–Crippen MR) is 128 cm³/mol. The average molecular weight is 459 g/mol. The quantitative estimate of drug-likeness (QED) is 0.348. The molecule has 0 saturated carbocycles. The van der Waals surface area contributed by atoms with Crippen molar-refractivity contribution in [2.45, 2.75) is 71.8 Å². The predicted octanol–water partition coefficient (Wildman–Crippen LogP) is 3.92. The van der Waals surface area contributed by atoms with Gasteiger partial charge in [-0.25, -0.2) is 9.59 Å². The van der Waals surface area contributed by atoms with Crippen molar-refractivity contribution in [1.82, 2.24) is 10.2 Å². The number of carboxylic acid groups (broad SMARTS) is 1. The van der Waals surface area contributed by atoms with Crippen LogP contribution in [0.5, 0.6) is 5.75 Å². The minimum absolute atomic E-state index is 0.0110. The summed E-state index contributed by atoms with van der Waals surface area (Å²) in [6, 6.07) is 6.64. The molecule has 1 aromatic carbocycles. The van der Waals surface area contributed by atoms with Crippen LogP contribution in [0.1, 0.15) is 65.9 Å². The lowest BCUT2D eigenvalue weighted by Gasteiger charge is -2.35. The van der Waals surface area contributed by atoms with E-state index in [0.717, 1.165) is 37.9 Å². The highest BCUT2D eigenvalue weighted by Crippen LogP contribution is 2.37. The summed E-state index contributed by atoms with van der Waals surface area (Å²) in [6.07, 6.45) is 4.42. The number of carbonyl (C=O) groups is 3. The first-order chi connectivity index (χ1) is 15.5. The minimum Gasteiger partial charge on any atom is -0.480 e. The van der Waals surface area contributed by atoms with Crippen LogP contribution >= 0.6 is 0 Å². The number of esters is 1. The number of rotatable bonds is 8. The number of benzene rings is 1. The van der Waals surface area contributed by atoms with Crippen LogP contribution in [0.2, 0.25) is 0 Å². The number of nitrogens with one attached hydrogen (secondary N) is 1. The fourth-order valence-electron chi connectivity index (χ4n) is 4.41. The lowest BCUT2D eigenvalue weighted by Crippen LogP contribution is -2.44. The molecular formula is C26H38N2O5. The highest BCUT2D eigenvalue weighted by Gasteiger charge is 2.33. The zero-order chi connectivity index (χ0) is 24.8. The maximum Gasteiger partial charge on any atom is 0.339 e. The van der Waals surface area contributed by atoms with E-state index in [-0.39, 0.29) is 22.5 Å². The lowest BCUT2D eigenvalue weighted by molar-refractivity contribution is -0.142. The molecule has 7 nitrogen and oxygen atoms in total. The summed E-state index contributed by atoms with van der Waals surface area (Å²) in [5.74, 6) is -2.18. The Morgan fingerprint density at radius 2 is 1.88 bits per heavy atom. The number of hydrogen-bond acceptors (Lipinski definition) is 5. The fraction of sp³-hybridized carbons (Fsp3) is 0.577. The molecule has 2 N–H and O–H groups in total. The number of likely N-dealkylation sites (N-methyl/N-ethyl adjacent to an activating group) is 1. The topological polar surface area (TPSA) is 95.9 Å². The second-order valence-corrected chi connectivity index (χ2v) is 9.53. The maximum absolute atomic E-state index is 12.8. The van der Waals surface area contributed by atoms with Gasteiger partial charge in [-0.2, -0.15) is 0 Å². The molecule has 0 aromatic heterocycles. The number of hydrogen-bond donors (Lipinski definition) is 2. The van der Waals surface area contributed by atoms with Crippen molar-refractivity contribution in [3.63, 3.8) is 0 Å². The van der Waals surface area contributed by atoms with Gasteiger partial charge in [0.2, 0.25) is 5.91 Å². The smallest absolute Gasteiger partial charge is 0.339 e. The minimum atomic E-state index is -1.11. The lowest BCUT2D eigenvalue weighted by atomic mass is 9.74. The normalized spacial score (nSPS) is 21.1. The molecule has 2 atom stereocenters. The van der Waals surface area contributed by atoms with E-state index >= 15 is 0 Å². The molecule has 0 bridgehead atoms. The van der Waals surface area contributed by atoms with Gasteiger partial charge in [0, 0.05) is 23.1 Å². The van der Waals surface area contributed by atoms with Crippen molar-refractivity contribution in [2.24, 2.45) is 5.92 Å². The number of aliphatic carboxylic acids is 1. The molecule has 1 unspecified atom stereocenters. The van der Waals surface area contributed by atoms with E-state index in [1.54, 1.807) is 19.9 Å². The molecule has 1 fully saturated rings. The van der Waals surface area contributed by atoms with Crippen LogP contribution in [-0.4, -0.2) is 54.0 Å². The van der Waals surface area contributed by atoms with Crippen molar-refractivity contribution in [3.05, 3.63) is 41.0 Å². The van der Waals surface area contributed by atoms with E-state index in [1.165, 1.54) is 20.3 Å². The Morgan fingerprint density at radius 1 is 1.18 bits per heavy atom. The summed E-state index contributed by atoms with van der Waals surface area (Å²) in [7, 11) is 2.15. The van der Waals surface area contributed by atoms with E-state index in [9.17, 15) is 19.5 Å². The van der Waals surface area contributed by atoms with E-state index in [0.29, 0.717) is 5.75 Å². The van der Waals surface area contributed by atoms with Crippen molar-refractivity contribution in [3.8, 4) is 5.75 Å². The number of carboxylic acids is 1. The Morgan fingerprint density at radius 3 is 2.48 bits per heavy atom. The Balaban J connectivity index is 2.21. The van der Waals surface area contributed by atoms with Gasteiger partial charge in [-0.05, 0) is 70.3 Å². The van der Waals surface area contributed by atoms with Gasteiger partial charge in [0.1, 0.15) is 11.8 Å². The van der Waals surface area contributed by atoms with Gasteiger partial charge in [0.15, 0.2) is 0 Å². The third kappa shape index (κ3) is 6.67. The molecule has 33 heavy (non-hydrogen) atoms. The molecule has 1 heterocycles. The van der Waals surface area contributed by atoms with Crippen molar-refractivity contribution >= 4 is 17.8 Å². The summed E-state index contributed by atoms with van der Waals surface area (Å²) in [4.78, 5) is 39.0. The van der Waals surface area contributed by atoms with E-state index in [4.69, 9.17) is 4.74 Å². The van der Waals surface area contributed by atoms with Crippen LogP contribution in [0.4, 0.5) is 0 Å². The average Bonchev–Trinajstić information content (AvgIpc) is 2.97. The Hall–Kier alpha value is -2.67. The Labute approximate surface area is 197 Å². The van der Waals surface area contributed by atoms with Crippen molar-refractivity contribution < 1.29 is 24.2 Å². The number of likely N-dealkylation sites (tertiary alicyclic amines) is 1. The molecule has 1 amide bonds. The highest BCUT2D eigenvalue weighted by molar-refractivity contribution is 6.03.